The van der Waals surface area contributed by atoms with Crippen molar-refractivity contribution in [3.8, 4) is 0 Å². The molecule has 2 aromatic carbocycles. The number of rotatable bonds is 6. The molecule has 0 aromatic heterocycles. The molecule has 4 heteroatoms. The van der Waals surface area contributed by atoms with Crippen LogP contribution in [0, 0.1) is 19.8 Å². The lowest BCUT2D eigenvalue weighted by Crippen LogP contribution is -2.29. The molecule has 1 N–H and O–H groups in total. The summed E-state index contributed by atoms with van der Waals surface area (Å²) in [6, 6.07) is 16.3. The number of likely N-dealkylation sites (tertiary alicyclic amines) is 1. The minimum atomic E-state index is -0.265. The van der Waals surface area contributed by atoms with E-state index in [-0.39, 0.29) is 17.7 Å². The molecule has 1 unspecified atom stereocenters. The third-order valence-corrected chi connectivity index (χ3v) is 4.97. The molecular formula is C22H26N2O2. The van der Waals surface area contributed by atoms with Crippen LogP contribution in [0.4, 0.5) is 5.69 Å². The van der Waals surface area contributed by atoms with Gasteiger partial charge in [0.1, 0.15) is 0 Å². The van der Waals surface area contributed by atoms with Crippen molar-refractivity contribution in [2.75, 3.05) is 18.4 Å². The maximum Gasteiger partial charge on any atom is 0.229 e. The van der Waals surface area contributed by atoms with E-state index in [2.05, 4.69) is 17.4 Å². The van der Waals surface area contributed by atoms with Gasteiger partial charge in [-0.1, -0.05) is 42.5 Å². The van der Waals surface area contributed by atoms with Crippen molar-refractivity contribution in [1.82, 2.24) is 4.90 Å². The minimum Gasteiger partial charge on any atom is -0.342 e. The van der Waals surface area contributed by atoms with Crippen molar-refractivity contribution in [2.45, 2.75) is 33.1 Å². The summed E-state index contributed by atoms with van der Waals surface area (Å²) in [7, 11) is 0. The summed E-state index contributed by atoms with van der Waals surface area (Å²) >= 11 is 0. The number of nitrogens with one attached hydrogen (secondary N) is 1. The number of nitrogens with zero attached hydrogens (tertiary/aromatic N) is 1. The topological polar surface area (TPSA) is 49.4 Å². The van der Waals surface area contributed by atoms with E-state index in [9.17, 15) is 9.59 Å². The normalized spacial score (nSPS) is 16.8. The van der Waals surface area contributed by atoms with Gasteiger partial charge >= 0.3 is 0 Å². The van der Waals surface area contributed by atoms with Crippen molar-refractivity contribution >= 4 is 17.5 Å². The monoisotopic (exact) mass is 350 g/mol. The van der Waals surface area contributed by atoms with Crippen LogP contribution in [0.1, 0.15) is 29.5 Å². The molecule has 0 aliphatic carbocycles. The van der Waals surface area contributed by atoms with Crippen molar-refractivity contribution in [3.05, 3.63) is 65.2 Å². The van der Waals surface area contributed by atoms with Crippen LogP contribution in [0.25, 0.3) is 0 Å². The first kappa shape index (κ1) is 18.2. The predicted molar refractivity (Wildman–Crippen MR) is 104 cm³/mol. The summed E-state index contributed by atoms with van der Waals surface area (Å²) in [5, 5.41) is 3.00. The van der Waals surface area contributed by atoms with Crippen LogP contribution in [0.3, 0.4) is 0 Å². The van der Waals surface area contributed by atoms with Crippen LogP contribution in [0.5, 0.6) is 0 Å². The number of hydrogen-bond donors (Lipinski definition) is 1. The summed E-state index contributed by atoms with van der Waals surface area (Å²) in [6.07, 6.45) is 2.17. The van der Waals surface area contributed by atoms with Crippen molar-refractivity contribution in [2.24, 2.45) is 5.92 Å². The zero-order valence-electron chi connectivity index (χ0n) is 15.5. The van der Waals surface area contributed by atoms with E-state index in [1.54, 1.807) is 0 Å². The van der Waals surface area contributed by atoms with E-state index in [4.69, 9.17) is 0 Å². The lowest BCUT2D eigenvalue weighted by Gasteiger charge is -2.17. The first-order valence-corrected chi connectivity index (χ1v) is 9.23. The van der Waals surface area contributed by atoms with Gasteiger partial charge in [-0.3, -0.25) is 9.59 Å². The van der Waals surface area contributed by atoms with Crippen LogP contribution < -0.4 is 5.32 Å². The summed E-state index contributed by atoms with van der Waals surface area (Å²) in [5.41, 5.74) is 4.26. The second kappa shape index (κ2) is 8.17. The molecule has 4 nitrogen and oxygen atoms in total. The summed E-state index contributed by atoms with van der Waals surface area (Å²) in [5.74, 6) is -0.240. The summed E-state index contributed by atoms with van der Waals surface area (Å²) in [4.78, 5) is 26.7. The molecule has 0 bridgehead atoms. The molecule has 1 atom stereocenters. The molecule has 2 aromatic rings. The zero-order valence-corrected chi connectivity index (χ0v) is 15.5. The molecule has 1 aliphatic heterocycles. The number of anilines is 1. The third-order valence-electron chi connectivity index (χ3n) is 4.97. The molecule has 2 amide bonds. The molecular weight excluding hydrogens is 324 g/mol. The number of carbonyl (C=O) groups is 2. The Morgan fingerprint density at radius 1 is 1.15 bits per heavy atom. The van der Waals surface area contributed by atoms with Crippen LogP contribution in [0.15, 0.2) is 48.5 Å². The Hall–Kier alpha value is -2.62. The molecule has 1 saturated heterocycles. The number of carbonyl (C=O) groups excluding carboxylic acids is 2. The molecule has 1 aliphatic rings. The molecule has 0 radical (unpaired) electrons. The van der Waals surface area contributed by atoms with Gasteiger partial charge in [-0.25, -0.2) is 0 Å². The molecule has 1 heterocycles. The van der Waals surface area contributed by atoms with Crippen molar-refractivity contribution < 1.29 is 9.59 Å². The van der Waals surface area contributed by atoms with E-state index in [0.29, 0.717) is 19.5 Å². The Bertz CT molecular complexity index is 786. The third kappa shape index (κ3) is 4.51. The highest BCUT2D eigenvalue weighted by Crippen LogP contribution is 2.22. The fourth-order valence-electron chi connectivity index (χ4n) is 3.39. The molecule has 136 valence electrons. The average molecular weight is 350 g/mol. The average Bonchev–Trinajstić information content (AvgIpc) is 3.00. The second-order valence-electron chi connectivity index (χ2n) is 7.14. The number of aryl methyl sites for hydroxylation is 3. The van der Waals surface area contributed by atoms with Gasteiger partial charge in [0.25, 0.3) is 0 Å². The van der Waals surface area contributed by atoms with Crippen molar-refractivity contribution in [3.63, 3.8) is 0 Å². The Morgan fingerprint density at radius 3 is 2.69 bits per heavy atom. The Balaban J connectivity index is 1.52. The van der Waals surface area contributed by atoms with Crippen LogP contribution in [-0.4, -0.2) is 29.8 Å². The van der Waals surface area contributed by atoms with Crippen molar-refractivity contribution in [1.29, 1.82) is 0 Å². The standard InChI is InChI=1S/C22H26N2O2/c1-16-10-11-17(2)20(13-16)23-22(26)19-14-21(25)24(15-19)12-6-9-18-7-4-3-5-8-18/h3-5,7-8,10-11,13,19H,6,9,12,14-15H2,1-2H3,(H,23,26). The molecule has 26 heavy (non-hydrogen) atoms. The van der Waals surface area contributed by atoms with E-state index < -0.39 is 0 Å². The first-order chi connectivity index (χ1) is 12.5. The molecule has 3 rings (SSSR count). The van der Waals surface area contributed by atoms with Gasteiger partial charge in [0.05, 0.1) is 5.92 Å². The Morgan fingerprint density at radius 2 is 1.92 bits per heavy atom. The fraction of sp³-hybridized carbons (Fsp3) is 0.364. The molecule has 1 fully saturated rings. The zero-order chi connectivity index (χ0) is 18.5. The Labute approximate surface area is 155 Å². The molecule has 0 spiro atoms. The van der Waals surface area contributed by atoms with E-state index in [1.165, 1.54) is 5.56 Å². The SMILES string of the molecule is Cc1ccc(C)c(NC(=O)C2CC(=O)N(CCCc3ccccc3)C2)c1. The fourth-order valence-corrected chi connectivity index (χ4v) is 3.39. The van der Waals surface area contributed by atoms with Gasteiger partial charge in [-0.15, -0.1) is 0 Å². The summed E-state index contributed by atoms with van der Waals surface area (Å²) in [6.45, 7) is 5.21. The largest absolute Gasteiger partial charge is 0.342 e. The summed E-state index contributed by atoms with van der Waals surface area (Å²) < 4.78 is 0. The van der Waals surface area contributed by atoms with E-state index in [0.717, 1.165) is 29.7 Å². The maximum atomic E-state index is 12.6. The lowest BCUT2D eigenvalue weighted by molar-refractivity contribution is -0.128. The van der Waals surface area contributed by atoms with Gasteiger partial charge in [0.2, 0.25) is 11.8 Å². The predicted octanol–water partition coefficient (Wildman–Crippen LogP) is 3.72. The maximum absolute atomic E-state index is 12.6. The minimum absolute atomic E-state index is 0.0578. The van der Waals surface area contributed by atoms with Gasteiger partial charge in [-0.2, -0.15) is 0 Å². The number of hydrogen-bond acceptors (Lipinski definition) is 2. The number of amides is 2. The lowest BCUT2D eigenvalue weighted by atomic mass is 10.1. The van der Waals surface area contributed by atoms with E-state index in [1.807, 2.05) is 55.1 Å². The highest BCUT2D eigenvalue weighted by Gasteiger charge is 2.34. The highest BCUT2D eigenvalue weighted by molar-refractivity contribution is 5.97. The van der Waals surface area contributed by atoms with Crippen LogP contribution >= 0.6 is 0 Å². The van der Waals surface area contributed by atoms with Gasteiger partial charge in [0, 0.05) is 25.2 Å². The van der Waals surface area contributed by atoms with Crippen LogP contribution in [0.2, 0.25) is 0 Å². The smallest absolute Gasteiger partial charge is 0.229 e. The number of benzene rings is 2. The highest BCUT2D eigenvalue weighted by atomic mass is 16.2. The quantitative estimate of drug-likeness (QED) is 0.863. The molecule has 0 saturated carbocycles. The first-order valence-electron chi connectivity index (χ1n) is 9.23. The van der Waals surface area contributed by atoms with Gasteiger partial charge in [0.15, 0.2) is 0 Å². The Kier molecular flexibility index (Phi) is 5.71. The van der Waals surface area contributed by atoms with E-state index >= 15 is 0 Å². The van der Waals surface area contributed by atoms with Crippen LogP contribution in [-0.2, 0) is 16.0 Å². The second-order valence-corrected chi connectivity index (χ2v) is 7.14. The van der Waals surface area contributed by atoms with Gasteiger partial charge in [-0.05, 0) is 49.4 Å². The van der Waals surface area contributed by atoms with Gasteiger partial charge < -0.3 is 10.2 Å².